The topological polar surface area (TPSA) is 40.5 Å². The van der Waals surface area contributed by atoms with Gasteiger partial charge >= 0.3 is 0 Å². The van der Waals surface area contributed by atoms with Crippen molar-refractivity contribution >= 4 is 23.5 Å². The van der Waals surface area contributed by atoms with Gasteiger partial charge in [0.05, 0.1) is 10.7 Å². The first kappa shape index (κ1) is 29.4. The summed E-state index contributed by atoms with van der Waals surface area (Å²) in [5.41, 5.74) is 4.94. The number of aliphatic hydroxyl groups is 2. The lowest BCUT2D eigenvalue weighted by Crippen LogP contribution is -2.66. The minimum absolute atomic E-state index is 0.0241. The molecule has 0 radical (unpaired) electrons. The third-order valence-electron chi connectivity index (χ3n) is 14.8. The zero-order valence-electron chi connectivity index (χ0n) is 26.2. The van der Waals surface area contributed by atoms with Crippen molar-refractivity contribution in [1.29, 1.82) is 0 Å². The second-order valence-corrected chi connectivity index (χ2v) is 19.3. The quantitative estimate of drug-likeness (QED) is 0.329. The van der Waals surface area contributed by atoms with Gasteiger partial charge in [0.1, 0.15) is 0 Å². The Balaban J connectivity index is 1.41. The van der Waals surface area contributed by atoms with Crippen LogP contribution < -0.4 is 0 Å². The first-order valence-electron chi connectivity index (χ1n) is 16.6. The van der Waals surface area contributed by atoms with Gasteiger partial charge in [0.25, 0.3) is 0 Å². The van der Waals surface area contributed by atoms with Gasteiger partial charge < -0.3 is 10.2 Å². The average Bonchev–Trinajstić information content (AvgIpc) is 3.29. The molecule has 1 aliphatic heterocycles. The van der Waals surface area contributed by atoms with E-state index < -0.39 is 0 Å². The van der Waals surface area contributed by atoms with Gasteiger partial charge in [-0.3, -0.25) is 0 Å². The summed E-state index contributed by atoms with van der Waals surface area (Å²) in [5.74, 6) is 5.63. The Bertz CT molecular complexity index is 983. The average molecular weight is 575 g/mol. The Kier molecular flexibility index (Phi) is 7.51. The highest BCUT2D eigenvalue weighted by atomic mass is 32.2. The van der Waals surface area contributed by atoms with E-state index in [2.05, 4.69) is 72.0 Å². The lowest BCUT2D eigenvalue weighted by molar-refractivity contribution is -0.229. The van der Waals surface area contributed by atoms with Crippen molar-refractivity contribution in [2.24, 2.45) is 56.7 Å². The Labute approximate surface area is 248 Å². The van der Waals surface area contributed by atoms with E-state index in [1.165, 1.54) is 75.7 Å². The second kappa shape index (κ2) is 9.95. The molecule has 2 N–H and O–H groups in total. The van der Waals surface area contributed by atoms with Gasteiger partial charge in [0.2, 0.25) is 0 Å². The molecule has 0 spiro atoms. The van der Waals surface area contributed by atoms with Crippen molar-refractivity contribution in [2.75, 3.05) is 18.1 Å². The molecule has 5 aliphatic carbocycles. The molecular weight excluding hydrogens is 517 g/mol. The zero-order valence-corrected chi connectivity index (χ0v) is 27.8. The van der Waals surface area contributed by atoms with Gasteiger partial charge in [-0.15, -0.1) is 23.5 Å². The van der Waals surface area contributed by atoms with Gasteiger partial charge in [-0.2, -0.15) is 0 Å². The summed E-state index contributed by atoms with van der Waals surface area (Å²) < 4.78 is 0.562. The van der Waals surface area contributed by atoms with Crippen molar-refractivity contribution in [1.82, 2.24) is 0 Å². The van der Waals surface area contributed by atoms with Crippen LogP contribution in [-0.2, 0) is 0 Å². The number of aliphatic hydroxyl groups excluding tert-OH is 2. The molecule has 0 aromatic heterocycles. The molecule has 39 heavy (non-hydrogen) atoms. The Hall–Kier alpha value is 0.360. The van der Waals surface area contributed by atoms with Gasteiger partial charge in [-0.05, 0) is 133 Å². The highest BCUT2D eigenvalue weighted by Crippen LogP contribution is 2.77. The largest absolute Gasteiger partial charge is 0.396 e. The summed E-state index contributed by atoms with van der Waals surface area (Å²) in [5, 5.41) is 22.1. The summed E-state index contributed by atoms with van der Waals surface area (Å²) in [4.78, 5) is 0. The molecule has 6 aliphatic rings. The number of allylic oxidation sites excluding steroid dienone is 2. The van der Waals surface area contributed by atoms with E-state index in [4.69, 9.17) is 0 Å². The third kappa shape index (κ3) is 3.95. The molecule has 1 heterocycles. The van der Waals surface area contributed by atoms with E-state index in [0.717, 1.165) is 12.3 Å². The van der Waals surface area contributed by atoms with Crippen molar-refractivity contribution in [3.8, 4) is 0 Å². The van der Waals surface area contributed by atoms with Crippen LogP contribution in [0.4, 0.5) is 0 Å². The molecule has 0 aromatic carbocycles. The van der Waals surface area contributed by atoms with Crippen molar-refractivity contribution in [2.45, 2.75) is 130 Å². The molecule has 0 amide bonds. The standard InChI is InChI=1S/C35H58O2S2/c1-22(2)23-11-16-35(25(21-36)30-38-19-8-20-39-30)18-17-33(6)24(29(23)35)9-10-27-32(5)14-13-28(37)31(3,4)26(32)12-15-34(27,33)7/h22,24-28,30,36-37H,8-21H2,1-7H3/t24-,25?,26?,27-,28+,32+,33-,34-,35-/m1/s1. The fourth-order valence-electron chi connectivity index (χ4n) is 12.5. The highest BCUT2D eigenvalue weighted by Gasteiger charge is 2.70. The van der Waals surface area contributed by atoms with Crippen LogP contribution in [0.1, 0.15) is 119 Å². The SMILES string of the molecule is CC(C)C1=C2[C@H]3CC[C@@H]4[C@@]5(C)CC[C@H](O)C(C)(C)C5CC[C@@]4(C)[C@]3(C)CC[C@@]2(C(CO)C2SCCCS2)CC1. The molecule has 6 rings (SSSR count). The molecule has 2 unspecified atom stereocenters. The normalized spacial score (nSPS) is 48.8. The second-order valence-electron chi connectivity index (χ2n) is 16.5. The molecule has 222 valence electrons. The number of thioether (sulfide) groups is 2. The Morgan fingerprint density at radius 3 is 2.21 bits per heavy atom. The minimum Gasteiger partial charge on any atom is -0.396 e. The molecule has 0 bridgehead atoms. The van der Waals surface area contributed by atoms with E-state index in [0.29, 0.717) is 51.1 Å². The number of rotatable bonds is 4. The minimum atomic E-state index is -0.148. The number of hydrogen-bond acceptors (Lipinski definition) is 4. The van der Waals surface area contributed by atoms with Crippen molar-refractivity contribution in [3.63, 3.8) is 0 Å². The van der Waals surface area contributed by atoms with Gasteiger partial charge in [0, 0.05) is 12.5 Å². The van der Waals surface area contributed by atoms with Crippen LogP contribution in [0.2, 0.25) is 0 Å². The first-order valence-corrected chi connectivity index (χ1v) is 18.7. The molecule has 5 fully saturated rings. The molecule has 2 nitrogen and oxygen atoms in total. The zero-order chi connectivity index (χ0) is 28.0. The van der Waals surface area contributed by atoms with Crippen LogP contribution in [0.3, 0.4) is 0 Å². The van der Waals surface area contributed by atoms with Crippen LogP contribution in [0, 0.1) is 56.7 Å². The van der Waals surface area contributed by atoms with E-state index in [1.807, 2.05) is 5.57 Å². The lowest BCUT2D eigenvalue weighted by atomic mass is 9.32. The van der Waals surface area contributed by atoms with Gasteiger partial charge in [0.15, 0.2) is 0 Å². The van der Waals surface area contributed by atoms with Gasteiger partial charge in [-0.25, -0.2) is 0 Å². The summed E-state index contributed by atoms with van der Waals surface area (Å²) >= 11 is 4.32. The Morgan fingerprint density at radius 2 is 1.54 bits per heavy atom. The predicted molar refractivity (Wildman–Crippen MR) is 169 cm³/mol. The summed E-state index contributed by atoms with van der Waals surface area (Å²) in [6.45, 7) is 18.1. The summed E-state index contributed by atoms with van der Waals surface area (Å²) in [6, 6.07) is 0. The van der Waals surface area contributed by atoms with E-state index in [-0.39, 0.29) is 16.9 Å². The molecular formula is C35H58O2S2. The fraction of sp³-hybridized carbons (Fsp3) is 0.943. The Morgan fingerprint density at radius 1 is 0.821 bits per heavy atom. The molecule has 0 aromatic rings. The van der Waals surface area contributed by atoms with Crippen LogP contribution in [0.15, 0.2) is 11.1 Å². The van der Waals surface area contributed by atoms with Crippen LogP contribution >= 0.6 is 23.5 Å². The van der Waals surface area contributed by atoms with Crippen LogP contribution in [0.25, 0.3) is 0 Å². The predicted octanol–water partition coefficient (Wildman–Crippen LogP) is 8.95. The maximum atomic E-state index is 11.1. The maximum Gasteiger partial charge on any atom is 0.0594 e. The monoisotopic (exact) mass is 574 g/mol. The van der Waals surface area contributed by atoms with E-state index in [9.17, 15) is 10.2 Å². The van der Waals surface area contributed by atoms with Crippen LogP contribution in [-0.4, -0.2) is 39.0 Å². The molecule has 9 atom stereocenters. The number of hydrogen-bond donors (Lipinski definition) is 2. The lowest BCUT2D eigenvalue weighted by Gasteiger charge is -2.72. The molecule has 1 saturated heterocycles. The smallest absolute Gasteiger partial charge is 0.0594 e. The van der Waals surface area contributed by atoms with Crippen molar-refractivity contribution < 1.29 is 10.2 Å². The number of fused-ring (bicyclic) bond motifs is 7. The van der Waals surface area contributed by atoms with E-state index in [1.54, 1.807) is 5.57 Å². The highest BCUT2D eigenvalue weighted by molar-refractivity contribution is 8.17. The fourth-order valence-corrected chi connectivity index (χ4v) is 15.9. The maximum absolute atomic E-state index is 11.1. The molecule has 4 saturated carbocycles. The van der Waals surface area contributed by atoms with E-state index >= 15 is 0 Å². The summed E-state index contributed by atoms with van der Waals surface area (Å²) in [6.07, 6.45) is 13.9. The first-order chi connectivity index (χ1) is 18.4. The summed E-state index contributed by atoms with van der Waals surface area (Å²) in [7, 11) is 0. The van der Waals surface area contributed by atoms with Crippen LogP contribution in [0.5, 0.6) is 0 Å². The third-order valence-corrected chi connectivity index (χ3v) is 18.0. The van der Waals surface area contributed by atoms with Gasteiger partial charge in [-0.1, -0.05) is 59.6 Å². The van der Waals surface area contributed by atoms with Crippen molar-refractivity contribution in [3.05, 3.63) is 11.1 Å². The molecule has 4 heteroatoms.